The number of rotatable bonds is 16. The molecule has 0 saturated carbocycles. The first-order chi connectivity index (χ1) is 17.1. The van der Waals surface area contributed by atoms with Gasteiger partial charge in [-0.1, -0.05) is 27.7 Å². The number of benzene rings is 1. The van der Waals surface area contributed by atoms with E-state index < -0.39 is 62.0 Å². The van der Waals surface area contributed by atoms with Crippen LogP contribution in [0.5, 0.6) is 5.75 Å². The summed E-state index contributed by atoms with van der Waals surface area (Å²) in [5.41, 5.74) is 2.40. The third-order valence-corrected chi connectivity index (χ3v) is 8.14. The van der Waals surface area contributed by atoms with E-state index in [0.29, 0.717) is 5.75 Å². The molecular formula is C22H37NO11S2. The van der Waals surface area contributed by atoms with Crippen LogP contribution in [0.15, 0.2) is 18.2 Å². The quantitative estimate of drug-likeness (QED) is 0.0902. The monoisotopic (exact) mass is 555 g/mol. The fraction of sp³-hybridized carbons (Fsp3) is 0.727. The zero-order valence-electron chi connectivity index (χ0n) is 19.7. The highest BCUT2D eigenvalue weighted by Crippen LogP contribution is 2.38. The first-order valence-electron chi connectivity index (χ1n) is 11.5. The summed E-state index contributed by atoms with van der Waals surface area (Å²) in [6.07, 6.45) is -14.0. The van der Waals surface area contributed by atoms with Crippen LogP contribution < -0.4 is 4.74 Å². The number of fused-ring (bicyclic) bond motifs is 1. The van der Waals surface area contributed by atoms with Crippen LogP contribution >= 0.6 is 21.6 Å². The Bertz CT molecular complexity index is 750. The molecule has 0 radical (unpaired) electrons. The molecule has 0 aliphatic carbocycles. The molecule has 2 rings (SSSR count). The first kappa shape index (κ1) is 31.5. The molecule has 0 amide bonds. The van der Waals surface area contributed by atoms with Crippen LogP contribution in [0.25, 0.3) is 0 Å². The lowest BCUT2D eigenvalue weighted by Gasteiger charge is -2.33. The number of hydrogen-bond donors (Lipinski definition) is 10. The molecular weight excluding hydrogens is 518 g/mol. The number of aliphatic hydroxyl groups excluding tert-OH is 10. The molecule has 10 N–H and O–H groups in total. The summed E-state index contributed by atoms with van der Waals surface area (Å²) >= 11 is 0. The van der Waals surface area contributed by atoms with E-state index >= 15 is 0 Å². The van der Waals surface area contributed by atoms with Gasteiger partial charge in [-0.15, -0.1) is 0 Å². The standard InChI is InChI=1S/C22H37NO11S2/c24-8-17(28)21(32)19(30)15(26)6-23(7-16(27)20(31)22(33)18(29)9-25)3-4-34-14-2-1-12-10-35-36-11-13(12)5-14/h1-2,5,15-22,24-33H,3-4,6-11H2/t15-,16-,17+,18+,19-,20-,21+,22+/m0/s1. The van der Waals surface area contributed by atoms with Crippen molar-refractivity contribution in [2.45, 2.75) is 60.3 Å². The molecule has 0 unspecified atom stereocenters. The van der Waals surface area contributed by atoms with Crippen molar-refractivity contribution in [3.63, 3.8) is 0 Å². The van der Waals surface area contributed by atoms with Crippen molar-refractivity contribution in [1.82, 2.24) is 4.90 Å². The Balaban J connectivity index is 2.04. The van der Waals surface area contributed by atoms with Crippen LogP contribution in [0.1, 0.15) is 11.1 Å². The molecule has 36 heavy (non-hydrogen) atoms. The van der Waals surface area contributed by atoms with Gasteiger partial charge < -0.3 is 55.8 Å². The van der Waals surface area contributed by atoms with E-state index in [9.17, 15) is 40.9 Å². The summed E-state index contributed by atoms with van der Waals surface area (Å²) in [7, 11) is 3.53. The molecule has 1 aliphatic heterocycles. The van der Waals surface area contributed by atoms with Crippen molar-refractivity contribution in [2.75, 3.05) is 39.5 Å². The van der Waals surface area contributed by atoms with Gasteiger partial charge in [-0.2, -0.15) is 0 Å². The molecule has 1 heterocycles. The van der Waals surface area contributed by atoms with E-state index in [2.05, 4.69) is 0 Å². The molecule has 0 fully saturated rings. The highest BCUT2D eigenvalue weighted by Gasteiger charge is 2.34. The highest BCUT2D eigenvalue weighted by atomic mass is 33.1. The predicted molar refractivity (Wildman–Crippen MR) is 133 cm³/mol. The van der Waals surface area contributed by atoms with E-state index in [0.717, 1.165) is 17.1 Å². The lowest BCUT2D eigenvalue weighted by Crippen LogP contribution is -2.53. The summed E-state index contributed by atoms with van der Waals surface area (Å²) in [6, 6.07) is 5.75. The van der Waals surface area contributed by atoms with Gasteiger partial charge in [0.2, 0.25) is 0 Å². The van der Waals surface area contributed by atoms with Gasteiger partial charge in [0.05, 0.1) is 25.4 Å². The number of aliphatic hydroxyl groups is 10. The first-order valence-corrected chi connectivity index (χ1v) is 13.9. The van der Waals surface area contributed by atoms with Crippen LogP contribution in [0.4, 0.5) is 0 Å². The van der Waals surface area contributed by atoms with Crippen molar-refractivity contribution in [2.24, 2.45) is 0 Å². The largest absolute Gasteiger partial charge is 0.492 e. The second-order valence-corrected chi connectivity index (χ2v) is 11.1. The third-order valence-electron chi connectivity index (χ3n) is 5.91. The molecule has 0 bridgehead atoms. The van der Waals surface area contributed by atoms with Gasteiger partial charge in [-0.25, -0.2) is 0 Å². The Morgan fingerprint density at radius 2 is 1.17 bits per heavy atom. The molecule has 208 valence electrons. The fourth-order valence-corrected chi connectivity index (χ4v) is 5.83. The average Bonchev–Trinajstić information content (AvgIpc) is 2.89. The maximum Gasteiger partial charge on any atom is 0.119 e. The summed E-state index contributed by atoms with van der Waals surface area (Å²) < 4.78 is 5.80. The molecule has 14 heteroatoms. The minimum absolute atomic E-state index is 0.0759. The topological polar surface area (TPSA) is 215 Å². The summed E-state index contributed by atoms with van der Waals surface area (Å²) in [5.74, 6) is 2.37. The Morgan fingerprint density at radius 3 is 1.67 bits per heavy atom. The highest BCUT2D eigenvalue weighted by molar-refractivity contribution is 8.76. The summed E-state index contributed by atoms with van der Waals surface area (Å²) in [4.78, 5) is 1.39. The molecule has 8 atom stereocenters. The summed E-state index contributed by atoms with van der Waals surface area (Å²) in [6.45, 7) is -2.21. The van der Waals surface area contributed by atoms with E-state index in [1.165, 1.54) is 10.5 Å². The van der Waals surface area contributed by atoms with Gasteiger partial charge in [0.25, 0.3) is 0 Å². The number of hydrogen-bond acceptors (Lipinski definition) is 14. The van der Waals surface area contributed by atoms with Crippen molar-refractivity contribution >= 4 is 21.6 Å². The van der Waals surface area contributed by atoms with E-state index in [4.69, 9.17) is 14.9 Å². The van der Waals surface area contributed by atoms with Gasteiger partial charge in [0.1, 0.15) is 49.0 Å². The lowest BCUT2D eigenvalue weighted by molar-refractivity contribution is -0.130. The third kappa shape index (κ3) is 9.23. The van der Waals surface area contributed by atoms with Gasteiger partial charge >= 0.3 is 0 Å². The maximum absolute atomic E-state index is 10.4. The minimum atomic E-state index is -1.84. The Hall–Kier alpha value is -0.720. The maximum atomic E-state index is 10.4. The zero-order valence-corrected chi connectivity index (χ0v) is 21.3. The normalized spacial score (nSPS) is 20.6. The van der Waals surface area contributed by atoms with Crippen molar-refractivity contribution in [3.8, 4) is 5.75 Å². The van der Waals surface area contributed by atoms with Crippen molar-refractivity contribution in [3.05, 3.63) is 29.3 Å². The van der Waals surface area contributed by atoms with Crippen molar-refractivity contribution < 1.29 is 55.8 Å². The molecule has 12 nitrogen and oxygen atoms in total. The Kier molecular flexibility index (Phi) is 13.7. The molecule has 1 aliphatic rings. The summed E-state index contributed by atoms with van der Waals surface area (Å²) in [5, 5.41) is 97.8. The number of ether oxygens (including phenoxy) is 1. The van der Waals surface area contributed by atoms with E-state index in [1.54, 1.807) is 21.6 Å². The predicted octanol–water partition coefficient (Wildman–Crippen LogP) is -3.37. The molecule has 1 aromatic rings. The molecule has 0 aromatic heterocycles. The van der Waals surface area contributed by atoms with E-state index in [1.807, 2.05) is 18.2 Å². The van der Waals surface area contributed by atoms with Gasteiger partial charge in [0, 0.05) is 31.1 Å². The molecule has 1 aromatic carbocycles. The lowest BCUT2D eigenvalue weighted by atomic mass is 10.0. The van der Waals surface area contributed by atoms with Gasteiger partial charge in [-0.3, -0.25) is 4.90 Å². The Morgan fingerprint density at radius 1 is 0.694 bits per heavy atom. The SMILES string of the molecule is OC[C@@H](O)[C@@H](O)[C@@H](O)[C@@H](O)CN(CCOc1ccc2c(c1)CSSC2)C[C@H](O)[C@H](O)[C@H](O)[C@H](O)CO. The fourth-order valence-electron chi connectivity index (χ4n) is 3.60. The van der Waals surface area contributed by atoms with Crippen LogP contribution in [-0.2, 0) is 11.5 Å². The molecule has 0 saturated heterocycles. The van der Waals surface area contributed by atoms with Gasteiger partial charge in [0.15, 0.2) is 0 Å². The molecule has 0 spiro atoms. The zero-order chi connectivity index (χ0) is 26.8. The Labute approximate surface area is 217 Å². The van der Waals surface area contributed by atoms with Crippen LogP contribution in [-0.4, -0.2) is 144 Å². The van der Waals surface area contributed by atoms with Crippen LogP contribution in [0.3, 0.4) is 0 Å². The average molecular weight is 556 g/mol. The van der Waals surface area contributed by atoms with Crippen LogP contribution in [0, 0.1) is 0 Å². The van der Waals surface area contributed by atoms with Crippen molar-refractivity contribution in [1.29, 1.82) is 0 Å². The minimum Gasteiger partial charge on any atom is -0.492 e. The van der Waals surface area contributed by atoms with Crippen LogP contribution in [0.2, 0.25) is 0 Å². The second kappa shape index (κ2) is 15.6. The smallest absolute Gasteiger partial charge is 0.119 e. The second-order valence-electron chi connectivity index (χ2n) is 8.66. The van der Waals surface area contributed by atoms with Gasteiger partial charge in [-0.05, 0) is 23.3 Å². The number of nitrogens with zero attached hydrogens (tertiary/aromatic N) is 1. The van der Waals surface area contributed by atoms with E-state index in [-0.39, 0.29) is 26.2 Å².